The number of hydrogen-bond donors (Lipinski definition) is 1. The standard InChI is InChI=1S/C9H8Cl2N4/c1-15-9(12)13-8(14-15)6-4-5(10)2-3-7(6)11/h2-4H,1H3,(H2,12,13,14). The molecule has 1 heterocycles. The van der Waals surface area contributed by atoms with Crippen LogP contribution in [0.25, 0.3) is 11.4 Å². The molecule has 6 heteroatoms. The molecule has 0 radical (unpaired) electrons. The van der Waals surface area contributed by atoms with Crippen LogP contribution in [0.4, 0.5) is 5.95 Å². The third-order valence-electron chi connectivity index (χ3n) is 1.97. The Bertz CT molecular complexity index is 487. The number of benzene rings is 1. The van der Waals surface area contributed by atoms with Gasteiger partial charge in [0, 0.05) is 17.6 Å². The molecule has 1 aromatic heterocycles. The van der Waals surface area contributed by atoms with Crippen molar-refractivity contribution < 1.29 is 0 Å². The van der Waals surface area contributed by atoms with E-state index in [1.54, 1.807) is 25.2 Å². The van der Waals surface area contributed by atoms with Gasteiger partial charge in [-0.1, -0.05) is 23.2 Å². The monoisotopic (exact) mass is 242 g/mol. The molecule has 0 amide bonds. The van der Waals surface area contributed by atoms with Crippen molar-refractivity contribution in [3.63, 3.8) is 0 Å². The first-order chi connectivity index (χ1) is 7.08. The summed E-state index contributed by atoms with van der Waals surface area (Å²) in [5.41, 5.74) is 6.26. The molecule has 0 saturated carbocycles. The number of hydrogen-bond acceptors (Lipinski definition) is 3. The van der Waals surface area contributed by atoms with Gasteiger partial charge in [-0.05, 0) is 18.2 Å². The third kappa shape index (κ3) is 1.91. The molecular formula is C9H8Cl2N4. The van der Waals surface area contributed by atoms with E-state index in [1.165, 1.54) is 4.68 Å². The highest BCUT2D eigenvalue weighted by Gasteiger charge is 2.10. The summed E-state index contributed by atoms with van der Waals surface area (Å²) >= 11 is 11.9. The van der Waals surface area contributed by atoms with Crippen LogP contribution in [-0.4, -0.2) is 14.8 Å². The van der Waals surface area contributed by atoms with E-state index in [2.05, 4.69) is 10.1 Å². The van der Waals surface area contributed by atoms with E-state index in [1.807, 2.05) is 0 Å². The molecule has 1 aromatic carbocycles. The van der Waals surface area contributed by atoms with Crippen molar-refractivity contribution in [3.8, 4) is 11.4 Å². The minimum absolute atomic E-state index is 0.334. The van der Waals surface area contributed by atoms with Gasteiger partial charge >= 0.3 is 0 Å². The molecule has 0 saturated heterocycles. The number of halogens is 2. The summed E-state index contributed by atoms with van der Waals surface area (Å²) in [6, 6.07) is 5.12. The van der Waals surface area contributed by atoms with Crippen LogP contribution in [0.3, 0.4) is 0 Å². The topological polar surface area (TPSA) is 56.7 Å². The van der Waals surface area contributed by atoms with Crippen molar-refractivity contribution >= 4 is 29.2 Å². The van der Waals surface area contributed by atoms with Crippen molar-refractivity contribution in [1.82, 2.24) is 14.8 Å². The van der Waals surface area contributed by atoms with Gasteiger partial charge in [-0.3, -0.25) is 0 Å². The lowest BCUT2D eigenvalue weighted by Crippen LogP contribution is -1.97. The molecule has 0 atom stereocenters. The summed E-state index contributed by atoms with van der Waals surface area (Å²) in [6.45, 7) is 0. The molecule has 2 aromatic rings. The fraction of sp³-hybridized carbons (Fsp3) is 0.111. The van der Waals surface area contributed by atoms with Crippen molar-refractivity contribution in [2.24, 2.45) is 7.05 Å². The molecule has 0 spiro atoms. The van der Waals surface area contributed by atoms with E-state index in [9.17, 15) is 0 Å². The van der Waals surface area contributed by atoms with Gasteiger partial charge in [-0.2, -0.15) is 4.98 Å². The van der Waals surface area contributed by atoms with Crippen LogP contribution in [0, 0.1) is 0 Å². The molecule has 0 unspecified atom stereocenters. The Morgan fingerprint density at radius 3 is 2.67 bits per heavy atom. The molecular weight excluding hydrogens is 235 g/mol. The fourth-order valence-corrected chi connectivity index (χ4v) is 1.55. The van der Waals surface area contributed by atoms with Crippen LogP contribution in [0.15, 0.2) is 18.2 Å². The van der Waals surface area contributed by atoms with E-state index < -0.39 is 0 Å². The number of nitrogens with two attached hydrogens (primary N) is 1. The lowest BCUT2D eigenvalue weighted by Gasteiger charge is -1.99. The first-order valence-electron chi connectivity index (χ1n) is 4.20. The van der Waals surface area contributed by atoms with Gasteiger partial charge in [0.1, 0.15) is 0 Å². The third-order valence-corrected chi connectivity index (χ3v) is 2.53. The second kappa shape index (κ2) is 3.72. The molecule has 0 aliphatic heterocycles. The minimum Gasteiger partial charge on any atom is -0.368 e. The lowest BCUT2D eigenvalue weighted by atomic mass is 10.2. The molecule has 0 bridgehead atoms. The highest BCUT2D eigenvalue weighted by molar-refractivity contribution is 6.35. The molecule has 15 heavy (non-hydrogen) atoms. The Morgan fingerprint density at radius 2 is 2.07 bits per heavy atom. The summed E-state index contributed by atoms with van der Waals surface area (Å²) in [4.78, 5) is 4.07. The van der Waals surface area contributed by atoms with Crippen molar-refractivity contribution in [2.45, 2.75) is 0 Å². The van der Waals surface area contributed by atoms with Gasteiger partial charge in [0.2, 0.25) is 5.95 Å². The average molecular weight is 243 g/mol. The van der Waals surface area contributed by atoms with Crippen molar-refractivity contribution in [1.29, 1.82) is 0 Å². The predicted octanol–water partition coefficient (Wildman–Crippen LogP) is 2.37. The van der Waals surface area contributed by atoms with Gasteiger partial charge in [0.25, 0.3) is 0 Å². The number of nitrogens with zero attached hydrogens (tertiary/aromatic N) is 3. The Kier molecular flexibility index (Phi) is 2.54. The van der Waals surface area contributed by atoms with Gasteiger partial charge in [-0.25, -0.2) is 4.68 Å². The number of anilines is 1. The van der Waals surface area contributed by atoms with E-state index in [-0.39, 0.29) is 0 Å². The molecule has 4 nitrogen and oxygen atoms in total. The summed E-state index contributed by atoms with van der Waals surface area (Å²) in [5, 5.41) is 5.25. The molecule has 2 rings (SSSR count). The summed E-state index contributed by atoms with van der Waals surface area (Å²) in [5.74, 6) is 0.809. The second-order valence-electron chi connectivity index (χ2n) is 3.04. The van der Waals surface area contributed by atoms with Crippen LogP contribution >= 0.6 is 23.2 Å². The zero-order valence-corrected chi connectivity index (χ0v) is 9.42. The maximum atomic E-state index is 6.00. The number of nitrogen functional groups attached to an aromatic ring is 1. The van der Waals surface area contributed by atoms with E-state index in [0.717, 1.165) is 0 Å². The Hall–Kier alpha value is -1.26. The van der Waals surface area contributed by atoms with Crippen LogP contribution in [0.1, 0.15) is 0 Å². The SMILES string of the molecule is Cn1nc(-c2cc(Cl)ccc2Cl)nc1N. The van der Waals surface area contributed by atoms with Crippen LogP contribution in [-0.2, 0) is 7.05 Å². The Labute approximate surface area is 96.6 Å². The van der Waals surface area contributed by atoms with Crippen LogP contribution in [0.5, 0.6) is 0 Å². The molecule has 0 fully saturated rings. The Balaban J connectivity index is 2.58. The first kappa shape index (κ1) is 10.3. The zero-order valence-electron chi connectivity index (χ0n) is 7.91. The van der Waals surface area contributed by atoms with Crippen molar-refractivity contribution in [2.75, 3.05) is 5.73 Å². The maximum Gasteiger partial charge on any atom is 0.218 e. The highest BCUT2D eigenvalue weighted by atomic mass is 35.5. The predicted molar refractivity (Wildman–Crippen MR) is 60.9 cm³/mol. The van der Waals surface area contributed by atoms with Gasteiger partial charge in [0.05, 0.1) is 5.02 Å². The van der Waals surface area contributed by atoms with E-state index in [0.29, 0.717) is 27.4 Å². The minimum atomic E-state index is 0.334. The van der Waals surface area contributed by atoms with Crippen LogP contribution in [0.2, 0.25) is 10.0 Å². The molecule has 78 valence electrons. The smallest absolute Gasteiger partial charge is 0.218 e. The van der Waals surface area contributed by atoms with Gasteiger partial charge in [-0.15, -0.1) is 5.10 Å². The maximum absolute atomic E-state index is 6.00. The summed E-state index contributed by atoms with van der Waals surface area (Å²) in [6.07, 6.45) is 0. The summed E-state index contributed by atoms with van der Waals surface area (Å²) < 4.78 is 1.48. The fourth-order valence-electron chi connectivity index (χ4n) is 1.18. The van der Waals surface area contributed by atoms with E-state index in [4.69, 9.17) is 28.9 Å². The molecule has 2 N–H and O–H groups in total. The normalized spacial score (nSPS) is 10.6. The highest BCUT2D eigenvalue weighted by Crippen LogP contribution is 2.28. The average Bonchev–Trinajstić information content (AvgIpc) is 2.51. The largest absolute Gasteiger partial charge is 0.368 e. The van der Waals surface area contributed by atoms with Crippen LogP contribution < -0.4 is 5.73 Å². The van der Waals surface area contributed by atoms with E-state index >= 15 is 0 Å². The lowest BCUT2D eigenvalue weighted by molar-refractivity contribution is 0.781. The first-order valence-corrected chi connectivity index (χ1v) is 4.95. The van der Waals surface area contributed by atoms with Gasteiger partial charge < -0.3 is 5.73 Å². The zero-order chi connectivity index (χ0) is 11.0. The second-order valence-corrected chi connectivity index (χ2v) is 3.89. The van der Waals surface area contributed by atoms with Gasteiger partial charge in [0.15, 0.2) is 5.82 Å². The number of rotatable bonds is 1. The number of aromatic nitrogens is 3. The Morgan fingerprint density at radius 1 is 1.33 bits per heavy atom. The molecule has 0 aliphatic carbocycles. The number of aryl methyl sites for hydroxylation is 1. The molecule has 0 aliphatic rings. The quantitative estimate of drug-likeness (QED) is 0.836. The summed E-state index contributed by atoms with van der Waals surface area (Å²) in [7, 11) is 1.71. The van der Waals surface area contributed by atoms with Crippen molar-refractivity contribution in [3.05, 3.63) is 28.2 Å².